The van der Waals surface area contributed by atoms with Crippen molar-refractivity contribution >= 4 is 11.0 Å². The molecule has 0 bridgehead atoms. The number of aryl methyl sites for hydroxylation is 2. The fourth-order valence-corrected chi connectivity index (χ4v) is 3.08. The van der Waals surface area contributed by atoms with Gasteiger partial charge in [0.25, 0.3) is 0 Å². The highest BCUT2D eigenvalue weighted by atomic mass is 16.1. The summed E-state index contributed by atoms with van der Waals surface area (Å²) in [6.07, 6.45) is 2.24. The lowest BCUT2D eigenvalue weighted by atomic mass is 9.88. The molecule has 1 aromatic heterocycles. The molecule has 1 fully saturated rings. The van der Waals surface area contributed by atoms with Crippen molar-refractivity contribution in [1.82, 2.24) is 9.13 Å². The maximum Gasteiger partial charge on any atom is 0.328 e. The zero-order valence-corrected chi connectivity index (χ0v) is 11.1. The smallest absolute Gasteiger partial charge is 0.327 e. The Morgan fingerprint density at radius 3 is 2.50 bits per heavy atom. The van der Waals surface area contributed by atoms with Gasteiger partial charge in [-0.15, -0.1) is 0 Å². The molecule has 1 heterocycles. The van der Waals surface area contributed by atoms with Crippen LogP contribution in [-0.2, 0) is 19.5 Å². The third-order valence-corrected chi connectivity index (χ3v) is 4.48. The lowest BCUT2D eigenvalue weighted by Gasteiger charge is -2.21. The van der Waals surface area contributed by atoms with Crippen LogP contribution in [0.1, 0.15) is 25.3 Å². The van der Waals surface area contributed by atoms with Gasteiger partial charge in [0, 0.05) is 25.6 Å². The monoisotopic (exact) mass is 245 g/mol. The molecule has 0 amide bonds. The number of imidazole rings is 1. The van der Waals surface area contributed by atoms with Gasteiger partial charge in [0.05, 0.1) is 11.0 Å². The van der Waals surface area contributed by atoms with Crippen molar-refractivity contribution in [2.45, 2.75) is 31.2 Å². The van der Waals surface area contributed by atoms with Crippen molar-refractivity contribution in [3.63, 3.8) is 0 Å². The van der Waals surface area contributed by atoms with Crippen molar-refractivity contribution in [1.29, 1.82) is 0 Å². The first kappa shape index (κ1) is 11.5. The molecule has 1 saturated carbocycles. The molecule has 0 spiro atoms. The Hall–Kier alpha value is -1.55. The van der Waals surface area contributed by atoms with Crippen molar-refractivity contribution in [2.24, 2.45) is 19.8 Å². The van der Waals surface area contributed by atoms with Crippen LogP contribution in [0.3, 0.4) is 0 Å². The third kappa shape index (κ3) is 1.27. The van der Waals surface area contributed by atoms with E-state index < -0.39 is 0 Å². The second-order valence-electron chi connectivity index (χ2n) is 5.52. The van der Waals surface area contributed by atoms with Crippen LogP contribution in [0.2, 0.25) is 0 Å². The number of rotatable bonds is 2. The summed E-state index contributed by atoms with van der Waals surface area (Å²) in [4.78, 5) is 12.1. The van der Waals surface area contributed by atoms with Crippen molar-refractivity contribution < 1.29 is 0 Å². The van der Waals surface area contributed by atoms with Gasteiger partial charge in [-0.05, 0) is 31.4 Å². The fourth-order valence-electron chi connectivity index (χ4n) is 3.08. The van der Waals surface area contributed by atoms with E-state index in [4.69, 9.17) is 5.73 Å². The summed E-state index contributed by atoms with van der Waals surface area (Å²) in [5.41, 5.74) is 9.52. The summed E-state index contributed by atoms with van der Waals surface area (Å²) in [6, 6.07) is 6.27. The Labute approximate surface area is 106 Å². The van der Waals surface area contributed by atoms with E-state index in [0.29, 0.717) is 0 Å². The van der Waals surface area contributed by atoms with Gasteiger partial charge in [0.2, 0.25) is 0 Å². The first-order chi connectivity index (χ1) is 8.49. The summed E-state index contributed by atoms with van der Waals surface area (Å²) in [7, 11) is 3.66. The van der Waals surface area contributed by atoms with E-state index in [9.17, 15) is 4.79 Å². The van der Waals surface area contributed by atoms with Gasteiger partial charge < -0.3 is 5.73 Å². The largest absolute Gasteiger partial charge is 0.328 e. The highest BCUT2D eigenvalue weighted by Gasteiger charge is 2.48. The average Bonchev–Trinajstić information content (AvgIpc) is 3.13. The highest BCUT2D eigenvalue weighted by Crippen LogP contribution is 2.51. The number of nitrogens with two attached hydrogens (primary N) is 1. The number of hydrogen-bond acceptors (Lipinski definition) is 2. The summed E-state index contributed by atoms with van der Waals surface area (Å²) in [5.74, 6) is 0. The van der Waals surface area contributed by atoms with E-state index in [0.717, 1.165) is 23.9 Å². The Bertz CT molecular complexity index is 674. The molecule has 4 heteroatoms. The molecular weight excluding hydrogens is 226 g/mol. The number of hydrogen-bond donors (Lipinski definition) is 1. The topological polar surface area (TPSA) is 52.9 Å². The van der Waals surface area contributed by atoms with Crippen LogP contribution < -0.4 is 11.4 Å². The molecule has 1 aromatic carbocycles. The van der Waals surface area contributed by atoms with Crippen LogP contribution in [0.15, 0.2) is 23.0 Å². The van der Waals surface area contributed by atoms with Gasteiger partial charge in [-0.1, -0.05) is 12.1 Å². The zero-order chi connectivity index (χ0) is 13.1. The summed E-state index contributed by atoms with van der Waals surface area (Å²) in [6.45, 7) is 2.06. The molecule has 0 saturated heterocycles. The Morgan fingerprint density at radius 1 is 1.28 bits per heavy atom. The molecule has 2 aromatic rings. The van der Waals surface area contributed by atoms with E-state index in [-0.39, 0.29) is 17.1 Å². The van der Waals surface area contributed by atoms with Crippen LogP contribution >= 0.6 is 0 Å². The van der Waals surface area contributed by atoms with Gasteiger partial charge in [-0.2, -0.15) is 0 Å². The molecule has 2 N–H and O–H groups in total. The number of fused-ring (bicyclic) bond motifs is 1. The minimum Gasteiger partial charge on any atom is -0.327 e. The molecule has 1 atom stereocenters. The van der Waals surface area contributed by atoms with Crippen LogP contribution in [0.4, 0.5) is 0 Å². The molecule has 96 valence electrons. The number of benzene rings is 1. The Morgan fingerprint density at radius 2 is 1.94 bits per heavy atom. The average molecular weight is 245 g/mol. The van der Waals surface area contributed by atoms with Gasteiger partial charge in [0.15, 0.2) is 0 Å². The van der Waals surface area contributed by atoms with Gasteiger partial charge >= 0.3 is 5.69 Å². The van der Waals surface area contributed by atoms with Crippen LogP contribution in [-0.4, -0.2) is 15.2 Å². The maximum absolute atomic E-state index is 12.1. The van der Waals surface area contributed by atoms with Crippen LogP contribution in [0.25, 0.3) is 11.0 Å². The maximum atomic E-state index is 12.1. The minimum absolute atomic E-state index is 0.0259. The molecule has 18 heavy (non-hydrogen) atoms. The molecule has 3 rings (SSSR count). The first-order valence-electron chi connectivity index (χ1n) is 6.39. The lowest BCUT2D eigenvalue weighted by molar-refractivity contribution is 0.558. The molecule has 1 unspecified atom stereocenters. The third-order valence-electron chi connectivity index (χ3n) is 4.48. The molecule has 4 nitrogen and oxygen atoms in total. The van der Waals surface area contributed by atoms with E-state index in [1.54, 1.807) is 9.13 Å². The number of para-hydroxylation sites is 1. The Kier molecular flexibility index (Phi) is 2.23. The standard InChI is InChI=1S/C14H19N3O/c1-9(15)14(7-8-14)10-5-4-6-11-12(10)17(3)13(18)16(11)2/h4-6,9H,7-8,15H2,1-3H3. The Balaban J connectivity index is 2.39. The van der Waals surface area contributed by atoms with Gasteiger partial charge in [0.1, 0.15) is 0 Å². The first-order valence-corrected chi connectivity index (χ1v) is 6.39. The van der Waals surface area contributed by atoms with Crippen LogP contribution in [0.5, 0.6) is 0 Å². The predicted molar refractivity (Wildman–Crippen MR) is 72.7 cm³/mol. The second kappa shape index (κ2) is 3.48. The fraction of sp³-hybridized carbons (Fsp3) is 0.500. The van der Waals surface area contributed by atoms with E-state index in [2.05, 4.69) is 13.0 Å². The quantitative estimate of drug-likeness (QED) is 0.866. The summed E-state index contributed by atoms with van der Waals surface area (Å²) in [5, 5.41) is 0. The highest BCUT2D eigenvalue weighted by molar-refractivity contribution is 5.81. The summed E-state index contributed by atoms with van der Waals surface area (Å²) < 4.78 is 3.45. The van der Waals surface area contributed by atoms with E-state index >= 15 is 0 Å². The van der Waals surface area contributed by atoms with Crippen molar-refractivity contribution in [3.05, 3.63) is 34.2 Å². The predicted octanol–water partition coefficient (Wildman–Crippen LogP) is 1.26. The number of aromatic nitrogens is 2. The zero-order valence-electron chi connectivity index (χ0n) is 11.1. The lowest BCUT2D eigenvalue weighted by Crippen LogP contribution is -2.32. The molecule has 1 aliphatic rings. The minimum atomic E-state index is 0.0259. The van der Waals surface area contributed by atoms with Crippen LogP contribution in [0, 0.1) is 0 Å². The van der Waals surface area contributed by atoms with E-state index in [1.807, 2.05) is 26.2 Å². The molecule has 0 aliphatic heterocycles. The normalized spacial score (nSPS) is 19.1. The number of nitrogens with zero attached hydrogens (tertiary/aromatic N) is 2. The van der Waals surface area contributed by atoms with E-state index in [1.165, 1.54) is 5.56 Å². The van der Waals surface area contributed by atoms with Gasteiger partial charge in [-0.25, -0.2) is 4.79 Å². The second-order valence-corrected chi connectivity index (χ2v) is 5.52. The molecular formula is C14H19N3O. The molecule has 1 aliphatic carbocycles. The van der Waals surface area contributed by atoms with Crippen molar-refractivity contribution in [3.8, 4) is 0 Å². The van der Waals surface area contributed by atoms with Gasteiger partial charge in [-0.3, -0.25) is 9.13 Å². The SMILES string of the molecule is CC(N)C1(c2cccc3c2n(C)c(=O)n3C)CC1. The van der Waals surface area contributed by atoms with Crippen molar-refractivity contribution in [2.75, 3.05) is 0 Å². The molecule has 0 radical (unpaired) electrons. The summed E-state index contributed by atoms with van der Waals surface area (Å²) >= 11 is 0.